The van der Waals surface area contributed by atoms with Crippen LogP contribution in [0, 0.1) is 0 Å². The maximum absolute atomic E-state index is 12.3. The quantitative estimate of drug-likeness (QED) is 0.686. The lowest BCUT2D eigenvalue weighted by Gasteiger charge is -2.37. The van der Waals surface area contributed by atoms with Crippen LogP contribution in [0.4, 0.5) is 0 Å². The van der Waals surface area contributed by atoms with E-state index < -0.39 is 25.5 Å². The Morgan fingerprint density at radius 3 is 2.04 bits per heavy atom. The summed E-state index contributed by atoms with van der Waals surface area (Å²) in [6.07, 6.45) is -1.25. The maximum Gasteiger partial charge on any atom is 0.330 e. The number of hydrogen-bond acceptors (Lipinski definition) is 8. The van der Waals surface area contributed by atoms with Crippen LogP contribution in [0.15, 0.2) is 0 Å². The molecule has 0 amide bonds. The second-order valence-corrected chi connectivity index (χ2v) is 9.60. The first-order valence-electron chi connectivity index (χ1n) is 8.15. The molecule has 0 radical (unpaired) electrons. The highest BCUT2D eigenvalue weighted by Gasteiger charge is 2.60. The van der Waals surface area contributed by atoms with Gasteiger partial charge in [-0.2, -0.15) is 0 Å². The lowest BCUT2D eigenvalue weighted by molar-refractivity contribution is -0.234. The number of rotatable bonds is 5. The lowest BCUT2D eigenvalue weighted by atomic mass is 9.97. The van der Waals surface area contributed by atoms with Gasteiger partial charge in [0.2, 0.25) is 0 Å². The van der Waals surface area contributed by atoms with Crippen molar-refractivity contribution in [3.05, 3.63) is 0 Å². The fourth-order valence-corrected chi connectivity index (χ4v) is 4.55. The van der Waals surface area contributed by atoms with Crippen molar-refractivity contribution < 1.29 is 37.3 Å². The summed E-state index contributed by atoms with van der Waals surface area (Å²) in [7, 11) is -0.369. The Morgan fingerprint density at radius 1 is 0.875 bits per heavy atom. The van der Waals surface area contributed by atoms with Crippen LogP contribution in [0.2, 0.25) is 0 Å². The summed E-state index contributed by atoms with van der Waals surface area (Å²) in [5.74, 6) is -1.49. The molecule has 9 heteroatoms. The molecular weight excluding hydrogens is 339 g/mol. The molecule has 140 valence electrons. The first-order chi connectivity index (χ1) is 11.1. The van der Waals surface area contributed by atoms with E-state index in [1.807, 2.05) is 27.7 Å². The van der Waals surface area contributed by atoms with Gasteiger partial charge >= 0.3 is 7.60 Å². The molecule has 0 saturated carbocycles. The Bertz CT molecular complexity index is 514. The third-order valence-electron chi connectivity index (χ3n) is 4.49. The van der Waals surface area contributed by atoms with Crippen LogP contribution in [0.25, 0.3) is 0 Å². The number of hydrogen-bond donors (Lipinski definition) is 0. The zero-order chi connectivity index (χ0) is 17.8. The van der Waals surface area contributed by atoms with E-state index in [2.05, 4.69) is 0 Å². The maximum atomic E-state index is 12.3. The minimum atomic E-state index is -3.12. The molecule has 3 fully saturated rings. The zero-order valence-corrected chi connectivity index (χ0v) is 15.9. The van der Waals surface area contributed by atoms with Gasteiger partial charge in [0, 0.05) is 14.2 Å². The van der Waals surface area contributed by atoms with E-state index >= 15 is 0 Å². The molecule has 0 unspecified atom stereocenters. The van der Waals surface area contributed by atoms with Gasteiger partial charge < -0.3 is 32.7 Å². The molecule has 8 nitrogen and oxygen atoms in total. The Kier molecular flexibility index (Phi) is 4.90. The van der Waals surface area contributed by atoms with Crippen molar-refractivity contribution in [1.82, 2.24) is 0 Å². The molecule has 3 heterocycles. The molecule has 0 aromatic heterocycles. The Hall–Kier alpha value is -0.0500. The van der Waals surface area contributed by atoms with E-state index in [0.717, 1.165) is 0 Å². The summed E-state index contributed by atoms with van der Waals surface area (Å²) in [5, 5.41) is 0. The van der Waals surface area contributed by atoms with Gasteiger partial charge in [0.1, 0.15) is 18.3 Å². The molecule has 24 heavy (non-hydrogen) atoms. The van der Waals surface area contributed by atoms with Crippen molar-refractivity contribution in [3.8, 4) is 0 Å². The average molecular weight is 366 g/mol. The van der Waals surface area contributed by atoms with Gasteiger partial charge in [-0.15, -0.1) is 0 Å². The standard InChI is InChI=1S/C15H27O8P/c1-14(2)20-10-9(7-8-24(16,17-5)18-6)19-13-12(11(10)21-14)22-15(3,4)23-13/h9-13H,7-8H2,1-6H3/t9-,10+,11+,12-,13-/m1/s1. The van der Waals surface area contributed by atoms with E-state index in [0.29, 0.717) is 6.42 Å². The highest BCUT2D eigenvalue weighted by Crippen LogP contribution is 2.49. The largest absolute Gasteiger partial charge is 0.344 e. The smallest absolute Gasteiger partial charge is 0.330 e. The number of ether oxygens (including phenoxy) is 5. The van der Waals surface area contributed by atoms with Crippen LogP contribution in [0.3, 0.4) is 0 Å². The van der Waals surface area contributed by atoms with E-state index in [-0.39, 0.29) is 30.6 Å². The van der Waals surface area contributed by atoms with Crippen molar-refractivity contribution in [3.63, 3.8) is 0 Å². The number of fused-ring (bicyclic) bond motifs is 3. The van der Waals surface area contributed by atoms with E-state index in [1.54, 1.807) is 0 Å². The first kappa shape index (κ1) is 18.7. The molecule has 3 aliphatic heterocycles. The van der Waals surface area contributed by atoms with Gasteiger partial charge in [-0.05, 0) is 34.1 Å². The summed E-state index contributed by atoms with van der Waals surface area (Å²) < 4.78 is 52.2. The summed E-state index contributed by atoms with van der Waals surface area (Å²) in [6, 6.07) is 0. The second kappa shape index (κ2) is 6.28. The Balaban J connectivity index is 1.76. The van der Waals surface area contributed by atoms with Gasteiger partial charge in [0.15, 0.2) is 17.9 Å². The van der Waals surface area contributed by atoms with Gasteiger partial charge in [-0.1, -0.05) is 0 Å². The van der Waals surface area contributed by atoms with E-state index in [1.165, 1.54) is 14.2 Å². The van der Waals surface area contributed by atoms with Crippen LogP contribution in [0.5, 0.6) is 0 Å². The second-order valence-electron chi connectivity index (χ2n) is 7.20. The molecule has 0 aromatic carbocycles. The van der Waals surface area contributed by atoms with E-state index in [4.69, 9.17) is 32.7 Å². The third kappa shape index (κ3) is 3.57. The molecule has 3 aliphatic rings. The summed E-state index contributed by atoms with van der Waals surface area (Å²) in [5.41, 5.74) is 0. The van der Waals surface area contributed by atoms with Crippen LogP contribution in [0.1, 0.15) is 34.1 Å². The van der Waals surface area contributed by atoms with Crippen molar-refractivity contribution in [2.45, 2.75) is 76.4 Å². The third-order valence-corrected chi connectivity index (χ3v) is 6.41. The van der Waals surface area contributed by atoms with Crippen LogP contribution in [-0.4, -0.2) is 62.7 Å². The predicted molar refractivity (Wildman–Crippen MR) is 83.6 cm³/mol. The highest BCUT2D eigenvalue weighted by molar-refractivity contribution is 7.53. The van der Waals surface area contributed by atoms with Crippen molar-refractivity contribution >= 4 is 7.60 Å². The van der Waals surface area contributed by atoms with Gasteiger partial charge in [-0.3, -0.25) is 4.57 Å². The molecule has 5 atom stereocenters. The van der Waals surface area contributed by atoms with Crippen LogP contribution >= 0.6 is 7.60 Å². The van der Waals surface area contributed by atoms with Crippen LogP contribution < -0.4 is 0 Å². The fourth-order valence-electron chi connectivity index (χ4n) is 3.47. The van der Waals surface area contributed by atoms with Gasteiger partial charge in [0.05, 0.1) is 12.3 Å². The van der Waals surface area contributed by atoms with Gasteiger partial charge in [-0.25, -0.2) is 0 Å². The normalized spacial score (nSPS) is 40.3. The molecule has 3 rings (SSSR count). The van der Waals surface area contributed by atoms with Crippen molar-refractivity contribution in [2.75, 3.05) is 20.4 Å². The zero-order valence-electron chi connectivity index (χ0n) is 15.0. The predicted octanol–water partition coefficient (Wildman–Crippen LogP) is 2.26. The monoisotopic (exact) mass is 366 g/mol. The molecule has 0 aromatic rings. The molecule has 0 spiro atoms. The Morgan fingerprint density at radius 2 is 1.42 bits per heavy atom. The Labute approximate surface area is 142 Å². The van der Waals surface area contributed by atoms with Crippen molar-refractivity contribution in [2.24, 2.45) is 0 Å². The minimum Gasteiger partial charge on any atom is -0.344 e. The SMILES string of the molecule is COP(=O)(CC[C@H]1O[C@@H]2OC(C)(C)O[C@@H]2[C@H]2OC(C)(C)O[C@H]21)OC. The van der Waals surface area contributed by atoms with Crippen molar-refractivity contribution in [1.29, 1.82) is 0 Å². The topological polar surface area (TPSA) is 81.7 Å². The molecular formula is C15H27O8P. The average Bonchev–Trinajstić information content (AvgIpc) is 2.98. The summed E-state index contributed by atoms with van der Waals surface area (Å²) in [4.78, 5) is 0. The molecule has 3 saturated heterocycles. The van der Waals surface area contributed by atoms with Crippen LogP contribution in [-0.2, 0) is 37.3 Å². The summed E-state index contributed by atoms with van der Waals surface area (Å²) in [6.45, 7) is 7.38. The minimum absolute atomic E-state index is 0.222. The van der Waals surface area contributed by atoms with E-state index in [9.17, 15) is 4.57 Å². The molecule has 0 bridgehead atoms. The molecule has 0 aliphatic carbocycles. The molecule has 0 N–H and O–H groups in total. The first-order valence-corrected chi connectivity index (χ1v) is 9.88. The highest BCUT2D eigenvalue weighted by atomic mass is 31.2. The summed E-state index contributed by atoms with van der Waals surface area (Å²) >= 11 is 0. The lowest BCUT2D eigenvalue weighted by Crippen LogP contribution is -2.55. The fraction of sp³-hybridized carbons (Fsp3) is 1.00. The van der Waals surface area contributed by atoms with Gasteiger partial charge in [0.25, 0.3) is 0 Å².